The van der Waals surface area contributed by atoms with Crippen LogP contribution in [0.25, 0.3) is 0 Å². The average Bonchev–Trinajstić information content (AvgIpc) is 3.18. The van der Waals surface area contributed by atoms with Crippen LogP contribution in [0.3, 0.4) is 0 Å². The summed E-state index contributed by atoms with van der Waals surface area (Å²) in [5, 5.41) is 10.3. The van der Waals surface area contributed by atoms with E-state index in [4.69, 9.17) is 4.74 Å². The third-order valence-corrected chi connectivity index (χ3v) is 8.23. The van der Waals surface area contributed by atoms with Crippen molar-refractivity contribution in [3.63, 3.8) is 0 Å². The summed E-state index contributed by atoms with van der Waals surface area (Å²) in [4.78, 5) is 18.7. The molecule has 0 bridgehead atoms. The second-order valence-corrected chi connectivity index (χ2v) is 10.9. The molecule has 2 aliphatic rings. The van der Waals surface area contributed by atoms with E-state index >= 15 is 0 Å². The van der Waals surface area contributed by atoms with Gasteiger partial charge >= 0.3 is 0 Å². The first-order valence-corrected chi connectivity index (χ1v) is 13.5. The molecule has 9 heteroatoms. The molecule has 2 aliphatic heterocycles. The van der Waals surface area contributed by atoms with E-state index in [-0.39, 0.29) is 5.91 Å². The summed E-state index contributed by atoms with van der Waals surface area (Å²) in [5.41, 5.74) is 2.19. The number of ether oxygens (including phenoxy) is 1. The first-order valence-electron chi connectivity index (χ1n) is 11.7. The summed E-state index contributed by atoms with van der Waals surface area (Å²) in [7, 11) is 0. The maximum atomic E-state index is 13.4. The fourth-order valence-corrected chi connectivity index (χ4v) is 6.16. The van der Waals surface area contributed by atoms with Crippen LogP contribution in [0.15, 0.2) is 64.6 Å². The van der Waals surface area contributed by atoms with E-state index in [1.165, 1.54) is 22.2 Å². The Hall–Kier alpha value is -2.49. The van der Waals surface area contributed by atoms with E-state index in [9.17, 15) is 4.79 Å². The third kappa shape index (κ3) is 5.26. The van der Waals surface area contributed by atoms with Gasteiger partial charge in [-0.25, -0.2) is 0 Å². The summed E-state index contributed by atoms with van der Waals surface area (Å²) >= 11 is 3.32. The monoisotopic (exact) mass is 495 g/mol. The number of amides is 1. The highest BCUT2D eigenvalue weighted by atomic mass is 32.2. The molecule has 0 aliphatic carbocycles. The van der Waals surface area contributed by atoms with Gasteiger partial charge in [0.15, 0.2) is 5.16 Å². The Labute approximate surface area is 208 Å². The summed E-state index contributed by atoms with van der Waals surface area (Å²) in [6, 6.07) is 18.5. The molecule has 5 rings (SSSR count). The number of hydrogen-bond acceptors (Lipinski definition) is 7. The average molecular weight is 496 g/mol. The van der Waals surface area contributed by atoms with Gasteiger partial charge in [-0.15, -0.1) is 22.0 Å². The van der Waals surface area contributed by atoms with Gasteiger partial charge in [0.25, 0.3) is 0 Å². The lowest BCUT2D eigenvalue weighted by Gasteiger charge is -2.28. The Morgan fingerprint density at radius 2 is 1.82 bits per heavy atom. The Morgan fingerprint density at radius 1 is 1.06 bits per heavy atom. The lowest BCUT2D eigenvalue weighted by Crippen LogP contribution is -2.38. The van der Waals surface area contributed by atoms with Crippen molar-refractivity contribution in [3.05, 3.63) is 60.2 Å². The van der Waals surface area contributed by atoms with Gasteiger partial charge in [-0.1, -0.05) is 61.2 Å². The quantitative estimate of drug-likeness (QED) is 0.476. The summed E-state index contributed by atoms with van der Waals surface area (Å²) in [5.74, 6) is 1.27. The van der Waals surface area contributed by atoms with Crippen LogP contribution in [0, 0.1) is 0 Å². The highest BCUT2D eigenvalue weighted by molar-refractivity contribution is 8.00. The predicted molar refractivity (Wildman–Crippen MR) is 138 cm³/mol. The molecule has 1 amide bonds. The van der Waals surface area contributed by atoms with Crippen LogP contribution in [0.2, 0.25) is 0 Å². The standard InChI is InChI=1S/C25H29N5O2S2/c1-19-11-12-29(21-9-5-6-10-22(21)34-19)23(31)18-33-25-27-26-24(28-13-15-32-16-14-28)30(25)17-20-7-3-2-4-8-20/h2-10,19H,11-18H2,1H3. The summed E-state index contributed by atoms with van der Waals surface area (Å²) < 4.78 is 7.65. The second kappa shape index (κ2) is 10.8. The van der Waals surface area contributed by atoms with Crippen molar-refractivity contribution < 1.29 is 9.53 Å². The number of hydrogen-bond donors (Lipinski definition) is 0. The molecule has 34 heavy (non-hydrogen) atoms. The maximum Gasteiger partial charge on any atom is 0.237 e. The normalized spacial score (nSPS) is 18.4. The number of para-hydroxylation sites is 1. The highest BCUT2D eigenvalue weighted by Crippen LogP contribution is 2.37. The van der Waals surface area contributed by atoms with Crippen LogP contribution < -0.4 is 9.80 Å². The zero-order valence-electron chi connectivity index (χ0n) is 19.3. The lowest BCUT2D eigenvalue weighted by atomic mass is 10.2. The number of carbonyl (C=O) groups is 1. The third-order valence-electron chi connectivity index (χ3n) is 6.04. The second-order valence-electron chi connectivity index (χ2n) is 8.47. The first kappa shape index (κ1) is 23.3. The molecule has 178 valence electrons. The fourth-order valence-electron chi connectivity index (χ4n) is 4.24. The van der Waals surface area contributed by atoms with E-state index in [0.29, 0.717) is 30.8 Å². The summed E-state index contributed by atoms with van der Waals surface area (Å²) in [6.07, 6.45) is 0.973. The van der Waals surface area contributed by atoms with E-state index in [0.717, 1.165) is 42.8 Å². The minimum absolute atomic E-state index is 0.106. The van der Waals surface area contributed by atoms with Gasteiger partial charge in [-0.05, 0) is 24.1 Å². The van der Waals surface area contributed by atoms with Crippen LogP contribution in [-0.4, -0.2) is 64.5 Å². The molecule has 0 spiro atoms. The number of nitrogens with zero attached hydrogens (tertiary/aromatic N) is 5. The molecule has 1 atom stereocenters. The number of carbonyl (C=O) groups excluding carboxylic acids is 1. The molecule has 3 heterocycles. The summed E-state index contributed by atoms with van der Waals surface area (Å²) in [6.45, 7) is 6.57. The van der Waals surface area contributed by atoms with E-state index in [1.807, 2.05) is 47.0 Å². The number of thioether (sulfide) groups is 2. The lowest BCUT2D eigenvalue weighted by molar-refractivity contribution is -0.116. The van der Waals surface area contributed by atoms with E-state index in [1.54, 1.807) is 0 Å². The maximum absolute atomic E-state index is 13.4. The zero-order chi connectivity index (χ0) is 23.3. The van der Waals surface area contributed by atoms with E-state index in [2.05, 4.69) is 50.9 Å². The molecule has 0 saturated carbocycles. The molecule has 2 aromatic carbocycles. The van der Waals surface area contributed by atoms with Gasteiger partial charge in [0.1, 0.15) is 0 Å². The molecule has 1 unspecified atom stereocenters. The molecule has 1 aromatic heterocycles. The van der Waals surface area contributed by atoms with Gasteiger partial charge in [-0.2, -0.15) is 0 Å². The van der Waals surface area contributed by atoms with Crippen molar-refractivity contribution in [2.75, 3.05) is 48.4 Å². The number of fused-ring (bicyclic) bond motifs is 1. The number of anilines is 2. The van der Waals surface area contributed by atoms with Crippen molar-refractivity contribution in [1.82, 2.24) is 14.8 Å². The molecular weight excluding hydrogens is 466 g/mol. The van der Waals surface area contributed by atoms with Gasteiger partial charge < -0.3 is 14.5 Å². The molecule has 0 radical (unpaired) electrons. The van der Waals surface area contributed by atoms with Crippen molar-refractivity contribution in [2.24, 2.45) is 0 Å². The van der Waals surface area contributed by atoms with Crippen LogP contribution in [0.4, 0.5) is 11.6 Å². The predicted octanol–water partition coefficient (Wildman–Crippen LogP) is 4.17. The Bertz CT molecular complexity index is 1120. The molecule has 3 aromatic rings. The fraction of sp³-hybridized carbons (Fsp3) is 0.400. The molecule has 7 nitrogen and oxygen atoms in total. The Balaban J connectivity index is 1.36. The minimum atomic E-state index is 0.106. The first-order chi connectivity index (χ1) is 16.7. The number of benzene rings is 2. The largest absolute Gasteiger partial charge is 0.378 e. The van der Waals surface area contributed by atoms with Gasteiger partial charge in [0, 0.05) is 29.8 Å². The number of aromatic nitrogens is 3. The van der Waals surface area contributed by atoms with Crippen molar-refractivity contribution in [1.29, 1.82) is 0 Å². The zero-order valence-corrected chi connectivity index (χ0v) is 20.9. The molecular formula is C25H29N5O2S2. The highest BCUT2D eigenvalue weighted by Gasteiger charge is 2.26. The molecule has 1 saturated heterocycles. The van der Waals surface area contributed by atoms with Crippen molar-refractivity contribution in [2.45, 2.75) is 35.2 Å². The van der Waals surface area contributed by atoms with Crippen molar-refractivity contribution >= 4 is 41.1 Å². The van der Waals surface area contributed by atoms with E-state index < -0.39 is 0 Å². The van der Waals surface area contributed by atoms with Crippen LogP contribution in [0.5, 0.6) is 0 Å². The van der Waals surface area contributed by atoms with Crippen LogP contribution >= 0.6 is 23.5 Å². The number of rotatable bonds is 6. The van der Waals surface area contributed by atoms with Crippen LogP contribution in [-0.2, 0) is 16.1 Å². The smallest absolute Gasteiger partial charge is 0.237 e. The van der Waals surface area contributed by atoms with Crippen molar-refractivity contribution in [3.8, 4) is 0 Å². The minimum Gasteiger partial charge on any atom is -0.378 e. The Kier molecular flexibility index (Phi) is 7.42. The van der Waals surface area contributed by atoms with Gasteiger partial charge in [-0.3, -0.25) is 9.36 Å². The number of morpholine rings is 1. The molecule has 1 fully saturated rings. The van der Waals surface area contributed by atoms with Gasteiger partial charge in [0.05, 0.1) is 31.2 Å². The Morgan fingerprint density at radius 3 is 2.65 bits per heavy atom. The molecule has 0 N–H and O–H groups in total. The topological polar surface area (TPSA) is 63.5 Å². The van der Waals surface area contributed by atoms with Crippen LogP contribution in [0.1, 0.15) is 18.9 Å². The SMILES string of the molecule is CC1CCN(C(=O)CSc2nnc(N3CCOCC3)n2Cc2ccccc2)c2ccccc2S1. The van der Waals surface area contributed by atoms with Gasteiger partial charge in [0.2, 0.25) is 11.9 Å².